The second-order valence-electron chi connectivity index (χ2n) is 15.9. The van der Waals surface area contributed by atoms with E-state index in [1.54, 1.807) is 0 Å². The zero-order valence-corrected chi connectivity index (χ0v) is 32.5. The normalized spacial score (nSPS) is 14.5. The molecule has 8 aromatic rings. The molecule has 0 aromatic heterocycles. The molecule has 0 saturated carbocycles. The predicted octanol–water partition coefficient (Wildman–Crippen LogP) is 14.6. The molecule has 0 heterocycles. The molecule has 1 atom stereocenters. The number of rotatable bonds is 8. The zero-order chi connectivity index (χ0) is 38.3. The summed E-state index contributed by atoms with van der Waals surface area (Å²) in [5.74, 6) is 0. The van der Waals surface area contributed by atoms with Crippen LogP contribution in [0.3, 0.4) is 0 Å². The van der Waals surface area contributed by atoms with Crippen LogP contribution in [-0.2, 0) is 10.8 Å². The molecule has 0 saturated heterocycles. The van der Waals surface area contributed by atoms with Gasteiger partial charge < -0.3 is 9.80 Å². The van der Waals surface area contributed by atoms with Gasteiger partial charge >= 0.3 is 0 Å². The number of fused-ring (bicyclic) bond motifs is 3. The Morgan fingerprint density at radius 3 is 1.20 bits per heavy atom. The lowest BCUT2D eigenvalue weighted by atomic mass is 9.67. The second kappa shape index (κ2) is 14.2. The Morgan fingerprint density at radius 2 is 0.732 bits per heavy atom. The Labute approximate surface area is 332 Å². The predicted molar refractivity (Wildman–Crippen MR) is 237 cm³/mol. The van der Waals surface area contributed by atoms with E-state index < -0.39 is 5.41 Å². The first kappa shape index (κ1) is 35.1. The SMILES string of the molecule is Cc1ccc2c(c1)C(c1ccc(N(c3ccccc3)c3ccc(N(c4ccccc4)c4ccccc4)cc3)cc1)(c1ccc(C(C)(C)C)cc1)c1ccccc1-2. The molecule has 0 aliphatic heterocycles. The Morgan fingerprint density at radius 1 is 0.357 bits per heavy atom. The number of benzene rings is 8. The standard InChI is InChI=1S/C54H46N2/c1-39-24-37-50-49-22-14-15-23-51(49)54(52(50)38-39,41-27-25-40(26-28-41)53(2,3)4)42-29-31-46(32-30-42)56(45-20-12-7-13-21-45)48-35-33-47(34-36-48)55(43-16-8-5-9-17-43)44-18-10-6-11-19-44/h5-38H,1-4H3. The molecule has 0 amide bonds. The van der Waals surface area contributed by atoms with Crippen LogP contribution in [0.15, 0.2) is 206 Å². The van der Waals surface area contributed by atoms with Crippen LogP contribution in [-0.4, -0.2) is 0 Å². The Balaban J connectivity index is 1.17. The molecule has 56 heavy (non-hydrogen) atoms. The molecular weight excluding hydrogens is 677 g/mol. The number of hydrogen-bond donors (Lipinski definition) is 0. The fourth-order valence-electron chi connectivity index (χ4n) is 8.64. The van der Waals surface area contributed by atoms with Crippen molar-refractivity contribution < 1.29 is 0 Å². The van der Waals surface area contributed by atoms with Crippen LogP contribution in [0.5, 0.6) is 0 Å². The summed E-state index contributed by atoms with van der Waals surface area (Å²) in [5.41, 5.74) is 16.7. The third-order valence-electron chi connectivity index (χ3n) is 11.4. The largest absolute Gasteiger partial charge is 0.311 e. The molecule has 0 N–H and O–H groups in total. The smallest absolute Gasteiger partial charge is 0.0713 e. The highest BCUT2D eigenvalue weighted by molar-refractivity contribution is 5.87. The summed E-state index contributed by atoms with van der Waals surface area (Å²) in [4.78, 5) is 4.66. The molecule has 1 aliphatic carbocycles. The topological polar surface area (TPSA) is 6.48 Å². The highest BCUT2D eigenvalue weighted by atomic mass is 15.2. The third kappa shape index (κ3) is 6.08. The van der Waals surface area contributed by atoms with E-state index in [1.807, 2.05) is 0 Å². The summed E-state index contributed by atoms with van der Waals surface area (Å²) in [5, 5.41) is 0. The van der Waals surface area contributed by atoms with E-state index in [-0.39, 0.29) is 5.41 Å². The molecule has 8 aromatic carbocycles. The summed E-state index contributed by atoms with van der Waals surface area (Å²) >= 11 is 0. The van der Waals surface area contributed by atoms with E-state index >= 15 is 0 Å². The van der Waals surface area contributed by atoms with Crippen molar-refractivity contribution >= 4 is 34.1 Å². The monoisotopic (exact) mass is 722 g/mol. The van der Waals surface area contributed by atoms with Gasteiger partial charge in [0.15, 0.2) is 0 Å². The fraction of sp³-hybridized carbons (Fsp3) is 0.111. The van der Waals surface area contributed by atoms with Crippen LogP contribution < -0.4 is 9.80 Å². The molecule has 2 heteroatoms. The molecule has 0 spiro atoms. The van der Waals surface area contributed by atoms with Crippen LogP contribution in [0, 0.1) is 6.92 Å². The summed E-state index contributed by atoms with van der Waals surface area (Å²) in [6.45, 7) is 9.07. The second-order valence-corrected chi connectivity index (χ2v) is 15.9. The van der Waals surface area contributed by atoms with Gasteiger partial charge in [-0.25, -0.2) is 0 Å². The van der Waals surface area contributed by atoms with Gasteiger partial charge in [0, 0.05) is 34.1 Å². The average Bonchev–Trinajstić information content (AvgIpc) is 3.53. The van der Waals surface area contributed by atoms with Crippen molar-refractivity contribution in [2.45, 2.75) is 38.5 Å². The first-order valence-corrected chi connectivity index (χ1v) is 19.6. The molecule has 0 bridgehead atoms. The Kier molecular flexibility index (Phi) is 8.90. The van der Waals surface area contributed by atoms with Crippen molar-refractivity contribution in [3.63, 3.8) is 0 Å². The lowest BCUT2D eigenvalue weighted by Gasteiger charge is -2.35. The van der Waals surface area contributed by atoms with E-state index in [1.165, 1.54) is 44.5 Å². The molecular formula is C54H46N2. The van der Waals surface area contributed by atoms with Crippen LogP contribution >= 0.6 is 0 Å². The van der Waals surface area contributed by atoms with E-state index in [9.17, 15) is 0 Å². The molecule has 0 fully saturated rings. The summed E-state index contributed by atoms with van der Waals surface area (Å²) < 4.78 is 0. The highest BCUT2D eigenvalue weighted by Gasteiger charge is 2.46. The number of para-hydroxylation sites is 3. The summed E-state index contributed by atoms with van der Waals surface area (Å²) in [6, 6.07) is 75.5. The van der Waals surface area contributed by atoms with Gasteiger partial charge in [-0.15, -0.1) is 0 Å². The minimum atomic E-state index is -0.468. The minimum Gasteiger partial charge on any atom is -0.311 e. The molecule has 272 valence electrons. The van der Waals surface area contributed by atoms with Gasteiger partial charge in [0.05, 0.1) is 5.41 Å². The van der Waals surface area contributed by atoms with Crippen molar-refractivity contribution in [3.05, 3.63) is 240 Å². The minimum absolute atomic E-state index is 0.0654. The highest BCUT2D eigenvalue weighted by Crippen LogP contribution is 2.56. The van der Waals surface area contributed by atoms with Gasteiger partial charge in [0.1, 0.15) is 0 Å². The Bertz CT molecular complexity index is 2550. The van der Waals surface area contributed by atoms with Gasteiger partial charge in [0.25, 0.3) is 0 Å². The average molecular weight is 723 g/mol. The van der Waals surface area contributed by atoms with Gasteiger partial charge in [-0.1, -0.05) is 160 Å². The fourth-order valence-corrected chi connectivity index (χ4v) is 8.64. The first-order valence-electron chi connectivity index (χ1n) is 19.6. The van der Waals surface area contributed by atoms with Gasteiger partial charge in [-0.2, -0.15) is 0 Å². The maximum Gasteiger partial charge on any atom is 0.0713 e. The quantitative estimate of drug-likeness (QED) is 0.154. The third-order valence-corrected chi connectivity index (χ3v) is 11.4. The number of hydrogen-bond acceptors (Lipinski definition) is 2. The molecule has 1 unspecified atom stereocenters. The summed E-state index contributed by atoms with van der Waals surface area (Å²) in [6.07, 6.45) is 0. The van der Waals surface area contributed by atoms with Gasteiger partial charge in [-0.05, 0) is 124 Å². The molecule has 1 aliphatic rings. The lowest BCUT2D eigenvalue weighted by Crippen LogP contribution is -2.29. The van der Waals surface area contributed by atoms with E-state index in [0.29, 0.717) is 0 Å². The molecule has 0 radical (unpaired) electrons. The Hall–Kier alpha value is -6.64. The molecule has 9 rings (SSSR count). The van der Waals surface area contributed by atoms with Crippen LogP contribution in [0.1, 0.15) is 54.2 Å². The van der Waals surface area contributed by atoms with Crippen LogP contribution in [0.25, 0.3) is 11.1 Å². The molecule has 2 nitrogen and oxygen atoms in total. The van der Waals surface area contributed by atoms with Gasteiger partial charge in [0.2, 0.25) is 0 Å². The summed E-state index contributed by atoms with van der Waals surface area (Å²) in [7, 11) is 0. The number of anilines is 6. The number of aryl methyl sites for hydroxylation is 1. The van der Waals surface area contributed by atoms with Crippen molar-refractivity contribution in [3.8, 4) is 11.1 Å². The van der Waals surface area contributed by atoms with Gasteiger partial charge in [-0.3, -0.25) is 0 Å². The van der Waals surface area contributed by atoms with Crippen molar-refractivity contribution in [2.24, 2.45) is 0 Å². The number of nitrogens with zero attached hydrogens (tertiary/aromatic N) is 2. The van der Waals surface area contributed by atoms with Crippen LogP contribution in [0.2, 0.25) is 0 Å². The van der Waals surface area contributed by atoms with E-state index in [0.717, 1.165) is 34.1 Å². The lowest BCUT2D eigenvalue weighted by molar-refractivity contribution is 0.589. The van der Waals surface area contributed by atoms with Crippen molar-refractivity contribution in [2.75, 3.05) is 9.80 Å². The van der Waals surface area contributed by atoms with E-state index in [4.69, 9.17) is 0 Å². The van der Waals surface area contributed by atoms with Crippen molar-refractivity contribution in [1.29, 1.82) is 0 Å². The zero-order valence-electron chi connectivity index (χ0n) is 32.5. The first-order chi connectivity index (χ1) is 27.3. The van der Waals surface area contributed by atoms with Crippen molar-refractivity contribution in [1.82, 2.24) is 0 Å². The maximum absolute atomic E-state index is 2.41. The van der Waals surface area contributed by atoms with Crippen LogP contribution in [0.4, 0.5) is 34.1 Å². The maximum atomic E-state index is 2.41. The van der Waals surface area contributed by atoms with E-state index in [2.05, 4.69) is 244 Å².